The Hall–Kier alpha value is -1.53. The van der Waals surface area contributed by atoms with Gasteiger partial charge in [0.05, 0.1) is 11.2 Å². The number of hydrogen-bond donors (Lipinski definition) is 1. The molecule has 1 unspecified atom stereocenters. The quantitative estimate of drug-likeness (QED) is 0.799. The van der Waals surface area contributed by atoms with Crippen LogP contribution in [0.1, 0.15) is 61.0 Å². The van der Waals surface area contributed by atoms with Gasteiger partial charge in [-0.1, -0.05) is 51.1 Å². The average molecular weight is 361 g/mol. The molecule has 144 valence electrons. The molecule has 0 aliphatic carbocycles. The highest BCUT2D eigenvalue weighted by Gasteiger charge is 2.61. The SMILES string of the molecule is CC(C)(C)CN(C(=O)O)C(C)(B1OC(C)(C)C(C)(C)O1)c1ccccc1. The maximum absolute atomic E-state index is 12.3. The molecule has 1 aromatic rings. The zero-order valence-corrected chi connectivity index (χ0v) is 17.3. The predicted molar refractivity (Wildman–Crippen MR) is 104 cm³/mol. The summed E-state index contributed by atoms with van der Waals surface area (Å²) in [5, 5.41) is 10.1. The van der Waals surface area contributed by atoms with E-state index in [4.69, 9.17) is 9.31 Å². The molecule has 1 aromatic carbocycles. The summed E-state index contributed by atoms with van der Waals surface area (Å²) in [5.74, 6) is 0. The van der Waals surface area contributed by atoms with Gasteiger partial charge in [0.1, 0.15) is 5.44 Å². The summed E-state index contributed by atoms with van der Waals surface area (Å²) in [5.41, 5.74) is -1.42. The van der Waals surface area contributed by atoms with Crippen LogP contribution in [0.4, 0.5) is 4.79 Å². The molecule has 6 heteroatoms. The first-order chi connectivity index (χ1) is 11.7. The topological polar surface area (TPSA) is 59.0 Å². The molecule has 1 atom stereocenters. The highest BCUT2D eigenvalue weighted by atomic mass is 16.7. The minimum atomic E-state index is -0.985. The molecule has 0 radical (unpaired) electrons. The van der Waals surface area contributed by atoms with Gasteiger partial charge in [-0.25, -0.2) is 4.79 Å². The van der Waals surface area contributed by atoms with Gasteiger partial charge in [-0.05, 0) is 45.6 Å². The Labute approximate surface area is 157 Å². The molecule has 1 saturated heterocycles. The molecule has 0 bridgehead atoms. The van der Waals surface area contributed by atoms with E-state index >= 15 is 0 Å². The minimum absolute atomic E-state index is 0.210. The smallest absolute Gasteiger partial charge is 0.465 e. The van der Waals surface area contributed by atoms with E-state index in [1.807, 2.05) is 85.7 Å². The number of nitrogens with zero attached hydrogens (tertiary/aromatic N) is 1. The Morgan fingerprint density at radius 3 is 1.88 bits per heavy atom. The Bertz CT molecular complexity index is 638. The van der Waals surface area contributed by atoms with E-state index in [0.717, 1.165) is 5.56 Å². The number of rotatable bonds is 4. The van der Waals surface area contributed by atoms with E-state index in [9.17, 15) is 9.90 Å². The molecule has 0 saturated carbocycles. The lowest BCUT2D eigenvalue weighted by molar-refractivity contribution is 0.00578. The number of amides is 1. The van der Waals surface area contributed by atoms with Crippen LogP contribution in [0.3, 0.4) is 0 Å². The highest BCUT2D eigenvalue weighted by molar-refractivity contribution is 6.49. The van der Waals surface area contributed by atoms with Gasteiger partial charge in [0.15, 0.2) is 0 Å². The number of carbonyl (C=O) groups is 1. The zero-order valence-electron chi connectivity index (χ0n) is 17.3. The number of benzene rings is 1. The van der Waals surface area contributed by atoms with Crippen molar-refractivity contribution in [3.63, 3.8) is 0 Å². The van der Waals surface area contributed by atoms with Crippen molar-refractivity contribution >= 4 is 13.2 Å². The van der Waals surface area contributed by atoms with Crippen molar-refractivity contribution in [2.75, 3.05) is 6.54 Å². The van der Waals surface area contributed by atoms with Crippen LogP contribution < -0.4 is 0 Å². The van der Waals surface area contributed by atoms with Crippen LogP contribution in [0.25, 0.3) is 0 Å². The molecule has 0 spiro atoms. The van der Waals surface area contributed by atoms with Crippen molar-refractivity contribution in [1.82, 2.24) is 4.90 Å². The summed E-state index contributed by atoms with van der Waals surface area (Å²) >= 11 is 0. The van der Waals surface area contributed by atoms with Gasteiger partial charge in [-0.15, -0.1) is 0 Å². The third kappa shape index (κ3) is 3.76. The van der Waals surface area contributed by atoms with E-state index in [1.165, 1.54) is 4.90 Å². The summed E-state index contributed by atoms with van der Waals surface area (Å²) < 4.78 is 12.6. The van der Waals surface area contributed by atoms with Crippen molar-refractivity contribution in [3.8, 4) is 0 Å². The maximum Gasteiger partial charge on any atom is 0.490 e. The summed E-state index contributed by atoms with van der Waals surface area (Å²) in [4.78, 5) is 13.8. The monoisotopic (exact) mass is 361 g/mol. The van der Waals surface area contributed by atoms with Crippen LogP contribution in [0.15, 0.2) is 30.3 Å². The van der Waals surface area contributed by atoms with Crippen LogP contribution in [-0.2, 0) is 14.7 Å². The number of hydrogen-bond acceptors (Lipinski definition) is 3. The van der Waals surface area contributed by atoms with Crippen molar-refractivity contribution in [1.29, 1.82) is 0 Å². The van der Waals surface area contributed by atoms with Gasteiger partial charge in [0.2, 0.25) is 0 Å². The van der Waals surface area contributed by atoms with Gasteiger partial charge < -0.3 is 14.4 Å². The predicted octanol–water partition coefficient (Wildman–Crippen LogP) is 4.56. The zero-order chi connectivity index (χ0) is 20.0. The third-order valence-corrected chi connectivity index (χ3v) is 5.49. The molecule has 1 heterocycles. The number of carboxylic acid groups (broad SMARTS) is 1. The van der Waals surface area contributed by atoms with Crippen LogP contribution in [0.5, 0.6) is 0 Å². The van der Waals surface area contributed by atoms with Gasteiger partial charge in [0, 0.05) is 6.54 Å². The van der Waals surface area contributed by atoms with Crippen LogP contribution in [0.2, 0.25) is 0 Å². The van der Waals surface area contributed by atoms with Gasteiger partial charge >= 0.3 is 13.2 Å². The van der Waals surface area contributed by atoms with Gasteiger partial charge in [-0.2, -0.15) is 0 Å². The van der Waals surface area contributed by atoms with E-state index in [0.29, 0.717) is 6.54 Å². The summed E-state index contributed by atoms with van der Waals surface area (Å²) in [7, 11) is -0.714. The average Bonchev–Trinajstić information content (AvgIpc) is 2.72. The lowest BCUT2D eigenvalue weighted by Crippen LogP contribution is -2.59. The summed E-state index contributed by atoms with van der Waals surface area (Å²) in [6, 6.07) is 9.61. The largest absolute Gasteiger partial charge is 0.490 e. The van der Waals surface area contributed by atoms with E-state index < -0.39 is 29.9 Å². The van der Waals surface area contributed by atoms with Crippen LogP contribution >= 0.6 is 0 Å². The first kappa shape index (κ1) is 20.8. The van der Waals surface area contributed by atoms with Crippen molar-refractivity contribution in [2.24, 2.45) is 5.41 Å². The van der Waals surface area contributed by atoms with E-state index in [-0.39, 0.29) is 5.41 Å². The lowest BCUT2D eigenvalue weighted by atomic mass is 9.60. The Morgan fingerprint density at radius 2 is 1.50 bits per heavy atom. The molecule has 1 fully saturated rings. The fourth-order valence-corrected chi connectivity index (χ4v) is 3.17. The van der Waals surface area contributed by atoms with Crippen molar-refractivity contribution in [3.05, 3.63) is 35.9 Å². The fraction of sp³-hybridized carbons (Fsp3) is 0.650. The fourth-order valence-electron chi connectivity index (χ4n) is 3.17. The first-order valence-electron chi connectivity index (χ1n) is 9.12. The molecule has 26 heavy (non-hydrogen) atoms. The molecule has 0 aromatic heterocycles. The maximum atomic E-state index is 12.3. The third-order valence-electron chi connectivity index (χ3n) is 5.49. The molecule has 1 N–H and O–H groups in total. The van der Waals surface area contributed by atoms with Crippen molar-refractivity contribution < 1.29 is 19.2 Å². The van der Waals surface area contributed by atoms with E-state index in [1.54, 1.807) is 0 Å². The van der Waals surface area contributed by atoms with E-state index in [2.05, 4.69) is 0 Å². The Kier molecular flexibility index (Phi) is 5.25. The Morgan fingerprint density at radius 1 is 1.04 bits per heavy atom. The second-order valence-corrected chi connectivity index (χ2v) is 9.53. The second-order valence-electron chi connectivity index (χ2n) is 9.53. The molecule has 1 amide bonds. The standard InChI is InChI=1S/C20H32BNO4/c1-17(2,3)14-22(16(23)24)20(8,15-12-10-9-11-13-15)21-25-18(4,5)19(6,7)26-21/h9-13H,14H2,1-8H3,(H,23,24). The normalized spacial score (nSPS) is 21.3. The molecule has 2 rings (SSSR count). The van der Waals surface area contributed by atoms with Gasteiger partial charge in [-0.3, -0.25) is 4.90 Å². The van der Waals surface area contributed by atoms with Gasteiger partial charge in [0.25, 0.3) is 0 Å². The first-order valence-corrected chi connectivity index (χ1v) is 9.12. The lowest BCUT2D eigenvalue weighted by Gasteiger charge is -2.43. The molecule has 5 nitrogen and oxygen atoms in total. The minimum Gasteiger partial charge on any atom is -0.465 e. The summed E-state index contributed by atoms with van der Waals surface area (Å²) in [6.07, 6.45) is -0.985. The summed E-state index contributed by atoms with van der Waals surface area (Å²) in [6.45, 7) is 16.2. The molecular formula is C20H32BNO4. The van der Waals surface area contributed by atoms with Crippen LogP contribution in [0, 0.1) is 5.41 Å². The molecular weight excluding hydrogens is 329 g/mol. The van der Waals surface area contributed by atoms with Crippen molar-refractivity contribution in [2.45, 2.75) is 72.0 Å². The molecule has 1 aliphatic rings. The second kappa shape index (κ2) is 6.57. The highest BCUT2D eigenvalue weighted by Crippen LogP contribution is 2.45. The molecule has 1 aliphatic heterocycles. The van der Waals surface area contributed by atoms with Crippen LogP contribution in [-0.4, -0.2) is 41.0 Å². The Balaban J connectivity index is 2.59.